The van der Waals surface area contributed by atoms with E-state index >= 15 is 0 Å². The Kier molecular flexibility index (Phi) is 4.33. The van der Waals surface area contributed by atoms with E-state index in [0.717, 1.165) is 28.8 Å². The topological polar surface area (TPSA) is 17.8 Å². The molecule has 0 aliphatic heterocycles. The maximum Gasteiger partial charge on any atom is 0.127 e. The largest absolute Gasteiger partial charge is 0.326 e. The zero-order valence-electron chi connectivity index (χ0n) is 11.0. The fraction of sp³-hybridized carbons (Fsp3) is 0.500. The normalized spacial score (nSPS) is 14.9. The average molecular weight is 330 g/mol. The fourth-order valence-corrected chi connectivity index (χ4v) is 2.57. The predicted molar refractivity (Wildman–Crippen MR) is 81.2 cm³/mol. The number of fused-ring (bicyclic) bond motifs is 1. The third kappa shape index (κ3) is 2.72. The molecule has 0 amide bonds. The molecule has 0 saturated carbocycles. The van der Waals surface area contributed by atoms with Gasteiger partial charge >= 0.3 is 0 Å². The van der Waals surface area contributed by atoms with Gasteiger partial charge in [0.15, 0.2) is 0 Å². The molecule has 0 N–H and O–H groups in total. The van der Waals surface area contributed by atoms with Crippen LogP contribution in [-0.2, 0) is 6.54 Å². The van der Waals surface area contributed by atoms with Crippen LogP contribution in [-0.4, -0.2) is 9.55 Å². The predicted octanol–water partition coefficient (Wildman–Crippen LogP) is 5.14. The van der Waals surface area contributed by atoms with Crippen LogP contribution in [0.1, 0.15) is 38.4 Å². The lowest BCUT2D eigenvalue weighted by molar-refractivity contribution is 0.465. The number of alkyl halides is 1. The minimum absolute atomic E-state index is 0.0692. The van der Waals surface area contributed by atoms with Crippen LogP contribution >= 0.6 is 27.5 Å². The number of benzene rings is 1. The zero-order chi connectivity index (χ0) is 13.3. The van der Waals surface area contributed by atoms with Crippen LogP contribution in [0.4, 0.5) is 0 Å². The highest BCUT2D eigenvalue weighted by Crippen LogP contribution is 2.27. The molecule has 4 heteroatoms. The molecule has 2 unspecified atom stereocenters. The van der Waals surface area contributed by atoms with Gasteiger partial charge in [0.1, 0.15) is 5.82 Å². The summed E-state index contributed by atoms with van der Waals surface area (Å²) in [5.74, 6) is 1.59. The molecule has 0 aliphatic carbocycles. The molecule has 2 atom stereocenters. The van der Waals surface area contributed by atoms with E-state index in [1.807, 2.05) is 13.0 Å². The minimum atomic E-state index is -0.0692. The van der Waals surface area contributed by atoms with Crippen LogP contribution in [0.3, 0.4) is 0 Å². The van der Waals surface area contributed by atoms with Crippen LogP contribution < -0.4 is 0 Å². The highest BCUT2D eigenvalue weighted by atomic mass is 79.9. The lowest BCUT2D eigenvalue weighted by Crippen LogP contribution is -2.10. The maximum absolute atomic E-state index is 6.25. The first-order chi connectivity index (χ1) is 8.52. The second kappa shape index (κ2) is 5.62. The Morgan fingerprint density at radius 2 is 2.11 bits per heavy atom. The van der Waals surface area contributed by atoms with Gasteiger partial charge in [0.05, 0.1) is 16.4 Å². The molecule has 1 aromatic carbocycles. The van der Waals surface area contributed by atoms with Gasteiger partial charge in [0.25, 0.3) is 0 Å². The Labute approximate surface area is 121 Å². The SMILES string of the molecule is CCC(C)Cn1c(C(C)Cl)nc2cc(Br)ccc21. The van der Waals surface area contributed by atoms with Crippen molar-refractivity contribution < 1.29 is 0 Å². The van der Waals surface area contributed by atoms with Gasteiger partial charge in [-0.3, -0.25) is 0 Å². The van der Waals surface area contributed by atoms with Crippen molar-refractivity contribution in [2.24, 2.45) is 5.92 Å². The quantitative estimate of drug-likeness (QED) is 0.710. The smallest absolute Gasteiger partial charge is 0.127 e. The van der Waals surface area contributed by atoms with E-state index in [9.17, 15) is 0 Å². The van der Waals surface area contributed by atoms with E-state index in [4.69, 9.17) is 11.6 Å². The van der Waals surface area contributed by atoms with Crippen LogP contribution in [0.25, 0.3) is 11.0 Å². The Hall–Kier alpha value is -0.540. The van der Waals surface area contributed by atoms with Gasteiger partial charge in [-0.1, -0.05) is 36.2 Å². The van der Waals surface area contributed by atoms with Crippen molar-refractivity contribution >= 4 is 38.6 Å². The Balaban J connectivity index is 2.55. The Bertz CT molecular complexity index is 548. The van der Waals surface area contributed by atoms with Crippen molar-refractivity contribution in [3.05, 3.63) is 28.5 Å². The number of hydrogen-bond acceptors (Lipinski definition) is 1. The first-order valence-electron chi connectivity index (χ1n) is 6.32. The summed E-state index contributed by atoms with van der Waals surface area (Å²) in [6.07, 6.45) is 1.16. The summed E-state index contributed by atoms with van der Waals surface area (Å²) in [5, 5.41) is -0.0692. The highest BCUT2D eigenvalue weighted by molar-refractivity contribution is 9.10. The first-order valence-corrected chi connectivity index (χ1v) is 7.55. The van der Waals surface area contributed by atoms with Crippen LogP contribution in [0.15, 0.2) is 22.7 Å². The molecule has 98 valence electrons. The number of nitrogens with zero attached hydrogens (tertiary/aromatic N) is 2. The summed E-state index contributed by atoms with van der Waals surface area (Å²) in [7, 11) is 0. The van der Waals surface area contributed by atoms with Gasteiger partial charge in [0.2, 0.25) is 0 Å². The number of imidazole rings is 1. The van der Waals surface area contributed by atoms with Gasteiger partial charge in [-0.2, -0.15) is 0 Å². The van der Waals surface area contributed by atoms with E-state index in [1.165, 1.54) is 5.52 Å². The lowest BCUT2D eigenvalue weighted by Gasteiger charge is -2.14. The Morgan fingerprint density at radius 3 is 2.72 bits per heavy atom. The van der Waals surface area contributed by atoms with Gasteiger partial charge in [-0.05, 0) is 31.0 Å². The molecule has 0 saturated heterocycles. The summed E-state index contributed by atoms with van der Waals surface area (Å²) < 4.78 is 3.31. The Morgan fingerprint density at radius 1 is 1.39 bits per heavy atom. The third-order valence-corrected chi connectivity index (χ3v) is 3.98. The second-order valence-electron chi connectivity index (χ2n) is 4.84. The molecule has 18 heavy (non-hydrogen) atoms. The molecule has 2 aromatic rings. The van der Waals surface area contributed by atoms with E-state index in [0.29, 0.717) is 5.92 Å². The van der Waals surface area contributed by atoms with Crippen molar-refractivity contribution in [2.75, 3.05) is 0 Å². The van der Waals surface area contributed by atoms with Gasteiger partial charge < -0.3 is 4.57 Å². The minimum Gasteiger partial charge on any atom is -0.326 e. The standard InChI is InChI=1S/C14H18BrClN2/c1-4-9(2)8-18-13-6-5-11(15)7-12(13)17-14(18)10(3)16/h5-7,9-10H,4,8H2,1-3H3. The average Bonchev–Trinajstić information content (AvgIpc) is 2.67. The molecule has 2 nitrogen and oxygen atoms in total. The molecule has 0 fully saturated rings. The molecule has 0 spiro atoms. The number of rotatable bonds is 4. The zero-order valence-corrected chi connectivity index (χ0v) is 13.3. The molecule has 0 radical (unpaired) electrons. The highest BCUT2D eigenvalue weighted by Gasteiger charge is 2.16. The summed E-state index contributed by atoms with van der Waals surface area (Å²) in [6, 6.07) is 6.21. The molecule has 0 aliphatic rings. The van der Waals surface area contributed by atoms with Crippen LogP contribution in [0.5, 0.6) is 0 Å². The molecule has 0 bridgehead atoms. The van der Waals surface area contributed by atoms with Crippen molar-refractivity contribution in [3.63, 3.8) is 0 Å². The van der Waals surface area contributed by atoms with Gasteiger partial charge in [0, 0.05) is 11.0 Å². The number of aromatic nitrogens is 2. The molecule has 2 rings (SSSR count). The lowest BCUT2D eigenvalue weighted by atomic mass is 10.1. The monoisotopic (exact) mass is 328 g/mol. The molecular formula is C14H18BrClN2. The first kappa shape index (κ1) is 13.9. The second-order valence-corrected chi connectivity index (χ2v) is 6.41. The molecular weight excluding hydrogens is 312 g/mol. The summed E-state index contributed by atoms with van der Waals surface area (Å²) in [5.41, 5.74) is 2.18. The van der Waals surface area contributed by atoms with E-state index < -0.39 is 0 Å². The summed E-state index contributed by atoms with van der Waals surface area (Å²) >= 11 is 9.74. The number of hydrogen-bond donors (Lipinski definition) is 0. The maximum atomic E-state index is 6.25. The van der Waals surface area contributed by atoms with Gasteiger partial charge in [-0.15, -0.1) is 11.6 Å². The van der Waals surface area contributed by atoms with Crippen LogP contribution in [0, 0.1) is 5.92 Å². The van der Waals surface area contributed by atoms with Crippen molar-refractivity contribution in [1.29, 1.82) is 0 Å². The van der Waals surface area contributed by atoms with E-state index in [2.05, 4.69) is 51.5 Å². The fourth-order valence-electron chi connectivity index (χ4n) is 2.06. The van der Waals surface area contributed by atoms with E-state index in [1.54, 1.807) is 0 Å². The summed E-state index contributed by atoms with van der Waals surface area (Å²) in [4.78, 5) is 4.66. The van der Waals surface area contributed by atoms with Crippen molar-refractivity contribution in [3.8, 4) is 0 Å². The van der Waals surface area contributed by atoms with E-state index in [-0.39, 0.29) is 5.38 Å². The van der Waals surface area contributed by atoms with Crippen molar-refractivity contribution in [2.45, 2.75) is 39.1 Å². The molecule has 1 aromatic heterocycles. The number of halogens is 2. The van der Waals surface area contributed by atoms with Crippen molar-refractivity contribution in [1.82, 2.24) is 9.55 Å². The van der Waals surface area contributed by atoms with Crippen LogP contribution in [0.2, 0.25) is 0 Å². The molecule has 1 heterocycles. The van der Waals surface area contributed by atoms with Gasteiger partial charge in [-0.25, -0.2) is 4.98 Å². The third-order valence-electron chi connectivity index (χ3n) is 3.29. The summed E-state index contributed by atoms with van der Waals surface area (Å²) in [6.45, 7) is 7.42.